The summed E-state index contributed by atoms with van der Waals surface area (Å²) in [6.45, 7) is 3.18. The fourth-order valence-electron chi connectivity index (χ4n) is 2.58. The zero-order valence-electron chi connectivity index (χ0n) is 9.89. The first kappa shape index (κ1) is 10.7. The highest BCUT2D eigenvalue weighted by Gasteiger charge is 2.20. The molecular weight excluding hydrogens is 210 g/mol. The van der Waals surface area contributed by atoms with E-state index in [1.54, 1.807) is 0 Å². The highest BCUT2D eigenvalue weighted by molar-refractivity contribution is 6.10. The van der Waals surface area contributed by atoms with Gasteiger partial charge in [0.25, 0.3) is 0 Å². The summed E-state index contributed by atoms with van der Waals surface area (Å²) in [6, 6.07) is 4.06. The molecule has 0 aromatic carbocycles. The second-order valence-corrected chi connectivity index (χ2v) is 4.68. The Kier molecular flexibility index (Phi) is 3.01. The average molecular weight is 227 g/mol. The number of nitrogens with zero attached hydrogens (tertiary/aromatic N) is 2. The third kappa shape index (κ3) is 2.29. The molecule has 1 N–H and O–H groups in total. The van der Waals surface area contributed by atoms with Gasteiger partial charge in [0.15, 0.2) is 0 Å². The van der Waals surface area contributed by atoms with Crippen LogP contribution in [0.25, 0.3) is 0 Å². The molecule has 0 amide bonds. The van der Waals surface area contributed by atoms with Gasteiger partial charge in [0.05, 0.1) is 12.3 Å². The van der Waals surface area contributed by atoms with Crippen LogP contribution in [0.1, 0.15) is 18.4 Å². The Morgan fingerprint density at radius 1 is 1.12 bits per heavy atom. The predicted octanol–water partition coefficient (Wildman–Crippen LogP) is 1.81. The molecule has 88 valence electrons. The van der Waals surface area contributed by atoms with Crippen molar-refractivity contribution in [3.05, 3.63) is 41.7 Å². The molecule has 0 saturated carbocycles. The first-order valence-corrected chi connectivity index (χ1v) is 6.29. The minimum Gasteiger partial charge on any atom is -0.317 e. The molecule has 0 radical (unpaired) electrons. The number of aliphatic imine (C=N–C) groups is 1. The molecule has 17 heavy (non-hydrogen) atoms. The van der Waals surface area contributed by atoms with E-state index in [0.29, 0.717) is 0 Å². The van der Waals surface area contributed by atoms with E-state index in [2.05, 4.69) is 21.4 Å². The van der Waals surface area contributed by atoms with Crippen molar-refractivity contribution < 1.29 is 0 Å². The van der Waals surface area contributed by atoms with Gasteiger partial charge in [0, 0.05) is 18.0 Å². The second kappa shape index (κ2) is 4.80. The van der Waals surface area contributed by atoms with Crippen molar-refractivity contribution in [2.24, 2.45) is 10.9 Å². The molecule has 0 aliphatic carbocycles. The van der Waals surface area contributed by atoms with Gasteiger partial charge in [0.2, 0.25) is 0 Å². The number of hydrogen-bond acceptors (Lipinski definition) is 3. The van der Waals surface area contributed by atoms with Crippen LogP contribution in [0.15, 0.2) is 41.2 Å². The van der Waals surface area contributed by atoms with Crippen LogP contribution in [-0.4, -0.2) is 30.3 Å². The molecule has 3 nitrogen and oxygen atoms in total. The SMILES string of the molecule is C1=C(C2CCNCC2)CN=C1c1ccncc1. The Hall–Kier alpha value is -1.48. The monoisotopic (exact) mass is 227 g/mol. The fraction of sp³-hybridized carbons (Fsp3) is 0.429. The lowest BCUT2D eigenvalue weighted by Crippen LogP contribution is -2.28. The highest BCUT2D eigenvalue weighted by Crippen LogP contribution is 2.25. The smallest absolute Gasteiger partial charge is 0.0652 e. The summed E-state index contributed by atoms with van der Waals surface area (Å²) < 4.78 is 0. The minimum atomic E-state index is 0.735. The van der Waals surface area contributed by atoms with E-state index < -0.39 is 0 Å². The van der Waals surface area contributed by atoms with Crippen LogP contribution in [0.2, 0.25) is 0 Å². The molecule has 0 spiro atoms. The van der Waals surface area contributed by atoms with Crippen molar-refractivity contribution in [3.63, 3.8) is 0 Å². The standard InChI is InChI=1S/C14H17N3/c1-5-15-6-2-11(1)13-9-14(17-10-13)12-3-7-16-8-4-12/h3-4,7-9,11,15H,1-2,5-6,10H2. The third-order valence-corrected chi connectivity index (χ3v) is 3.59. The van der Waals surface area contributed by atoms with Gasteiger partial charge in [-0.05, 0) is 55.6 Å². The molecule has 1 aromatic heterocycles. The van der Waals surface area contributed by atoms with Crippen molar-refractivity contribution in [2.45, 2.75) is 12.8 Å². The number of pyridine rings is 1. The molecule has 3 rings (SSSR count). The van der Waals surface area contributed by atoms with Gasteiger partial charge in [-0.3, -0.25) is 9.98 Å². The Balaban J connectivity index is 1.75. The van der Waals surface area contributed by atoms with Crippen LogP contribution in [-0.2, 0) is 0 Å². The van der Waals surface area contributed by atoms with Crippen LogP contribution in [0, 0.1) is 5.92 Å². The number of allylic oxidation sites excluding steroid dienone is 1. The zero-order chi connectivity index (χ0) is 11.5. The first-order chi connectivity index (χ1) is 8.43. The molecule has 0 unspecified atom stereocenters. The van der Waals surface area contributed by atoms with Crippen LogP contribution in [0.3, 0.4) is 0 Å². The normalized spacial score (nSPS) is 21.2. The maximum atomic E-state index is 4.64. The topological polar surface area (TPSA) is 37.3 Å². The summed E-state index contributed by atoms with van der Waals surface area (Å²) in [5.41, 5.74) is 3.82. The van der Waals surface area contributed by atoms with Crippen LogP contribution in [0.4, 0.5) is 0 Å². The summed E-state index contributed by atoms with van der Waals surface area (Å²) in [5, 5.41) is 3.41. The lowest BCUT2D eigenvalue weighted by molar-refractivity contribution is 0.418. The summed E-state index contributed by atoms with van der Waals surface area (Å²) in [6.07, 6.45) is 8.45. The molecule has 3 heteroatoms. The van der Waals surface area contributed by atoms with Crippen molar-refractivity contribution in [3.8, 4) is 0 Å². The summed E-state index contributed by atoms with van der Waals surface area (Å²) in [5.74, 6) is 0.735. The van der Waals surface area contributed by atoms with Crippen molar-refractivity contribution in [1.29, 1.82) is 0 Å². The molecule has 1 aromatic rings. The van der Waals surface area contributed by atoms with Gasteiger partial charge >= 0.3 is 0 Å². The maximum absolute atomic E-state index is 4.64. The largest absolute Gasteiger partial charge is 0.317 e. The van der Waals surface area contributed by atoms with Gasteiger partial charge in [-0.1, -0.05) is 0 Å². The molecule has 0 atom stereocenters. The summed E-state index contributed by atoms with van der Waals surface area (Å²) in [7, 11) is 0. The zero-order valence-corrected chi connectivity index (χ0v) is 9.89. The van der Waals surface area contributed by atoms with Gasteiger partial charge in [0.1, 0.15) is 0 Å². The number of hydrogen-bond donors (Lipinski definition) is 1. The number of aromatic nitrogens is 1. The minimum absolute atomic E-state index is 0.735. The third-order valence-electron chi connectivity index (χ3n) is 3.59. The van der Waals surface area contributed by atoms with E-state index in [1.807, 2.05) is 24.5 Å². The first-order valence-electron chi connectivity index (χ1n) is 6.29. The van der Waals surface area contributed by atoms with E-state index in [4.69, 9.17) is 0 Å². The van der Waals surface area contributed by atoms with Gasteiger partial charge < -0.3 is 5.32 Å². The Labute approximate surface area is 102 Å². The molecule has 2 aliphatic rings. The molecule has 0 bridgehead atoms. The molecule has 2 aliphatic heterocycles. The van der Waals surface area contributed by atoms with Crippen molar-refractivity contribution >= 4 is 5.71 Å². The van der Waals surface area contributed by atoms with Crippen molar-refractivity contribution in [1.82, 2.24) is 10.3 Å². The predicted molar refractivity (Wildman–Crippen MR) is 69.3 cm³/mol. The summed E-state index contributed by atoms with van der Waals surface area (Å²) >= 11 is 0. The Bertz CT molecular complexity index is 442. The number of rotatable bonds is 2. The molecule has 1 saturated heterocycles. The highest BCUT2D eigenvalue weighted by atomic mass is 14.9. The Morgan fingerprint density at radius 3 is 2.65 bits per heavy atom. The van der Waals surface area contributed by atoms with E-state index >= 15 is 0 Å². The summed E-state index contributed by atoms with van der Waals surface area (Å²) in [4.78, 5) is 8.68. The second-order valence-electron chi connectivity index (χ2n) is 4.68. The number of nitrogens with one attached hydrogen (secondary N) is 1. The molecule has 1 fully saturated rings. The average Bonchev–Trinajstić information content (AvgIpc) is 2.90. The van der Waals surface area contributed by atoms with Gasteiger partial charge in [-0.25, -0.2) is 0 Å². The van der Waals surface area contributed by atoms with Crippen molar-refractivity contribution in [2.75, 3.05) is 19.6 Å². The van der Waals surface area contributed by atoms with Crippen LogP contribution < -0.4 is 5.32 Å². The van der Waals surface area contributed by atoms with E-state index in [9.17, 15) is 0 Å². The fourth-order valence-corrected chi connectivity index (χ4v) is 2.58. The van der Waals surface area contributed by atoms with E-state index in [1.165, 1.54) is 24.0 Å². The van der Waals surface area contributed by atoms with E-state index in [0.717, 1.165) is 31.3 Å². The van der Waals surface area contributed by atoms with Crippen LogP contribution >= 0.6 is 0 Å². The molecular formula is C14H17N3. The lowest BCUT2D eigenvalue weighted by atomic mass is 9.90. The van der Waals surface area contributed by atoms with Gasteiger partial charge in [-0.2, -0.15) is 0 Å². The van der Waals surface area contributed by atoms with Crippen LogP contribution in [0.5, 0.6) is 0 Å². The number of piperidine rings is 1. The quantitative estimate of drug-likeness (QED) is 0.836. The lowest BCUT2D eigenvalue weighted by Gasteiger charge is -2.23. The van der Waals surface area contributed by atoms with E-state index in [-0.39, 0.29) is 0 Å². The van der Waals surface area contributed by atoms with Gasteiger partial charge in [-0.15, -0.1) is 0 Å². The Morgan fingerprint density at radius 2 is 1.88 bits per heavy atom. The molecule has 3 heterocycles. The maximum Gasteiger partial charge on any atom is 0.0652 e.